The van der Waals surface area contributed by atoms with Crippen molar-refractivity contribution < 1.29 is 14.5 Å². The summed E-state index contributed by atoms with van der Waals surface area (Å²) in [5, 5.41) is 22.4. The van der Waals surface area contributed by atoms with Gasteiger partial charge in [-0.15, -0.1) is 0 Å². The van der Waals surface area contributed by atoms with E-state index in [0.29, 0.717) is 0 Å². The molecule has 8 nitrogen and oxygen atoms in total. The van der Waals surface area contributed by atoms with Crippen molar-refractivity contribution in [3.8, 4) is 6.07 Å². The number of nitrogens with two attached hydrogens (primary N) is 1. The van der Waals surface area contributed by atoms with Crippen LogP contribution in [0, 0.1) is 38.7 Å². The van der Waals surface area contributed by atoms with Gasteiger partial charge in [0.05, 0.1) is 12.0 Å². The van der Waals surface area contributed by atoms with Gasteiger partial charge in [0.1, 0.15) is 12.0 Å². The molecule has 8 heteroatoms. The average molecular weight is 320 g/mol. The second-order valence-corrected chi connectivity index (χ2v) is 5.83. The molecule has 23 heavy (non-hydrogen) atoms. The van der Waals surface area contributed by atoms with Crippen LogP contribution in [0.3, 0.4) is 0 Å². The van der Waals surface area contributed by atoms with Crippen LogP contribution < -0.4 is 11.1 Å². The third-order valence-electron chi connectivity index (χ3n) is 3.86. The highest BCUT2D eigenvalue weighted by Gasteiger charge is 2.57. The van der Waals surface area contributed by atoms with Gasteiger partial charge in [0.15, 0.2) is 0 Å². The first kappa shape index (κ1) is 18.4. The van der Waals surface area contributed by atoms with Crippen LogP contribution in [0.5, 0.6) is 0 Å². The second kappa shape index (κ2) is 7.54. The van der Waals surface area contributed by atoms with E-state index in [9.17, 15) is 19.7 Å². The molecule has 0 radical (unpaired) electrons. The Morgan fingerprint density at radius 3 is 2.61 bits per heavy atom. The Kier molecular flexibility index (Phi) is 6.02. The molecule has 1 aliphatic rings. The maximum Gasteiger partial charge on any atom is 0.250 e. The molecule has 0 aromatic rings. The summed E-state index contributed by atoms with van der Waals surface area (Å²) in [6, 6.07) is 0.342. The van der Waals surface area contributed by atoms with Crippen molar-refractivity contribution in [2.75, 3.05) is 6.54 Å². The molecule has 0 saturated carbocycles. The van der Waals surface area contributed by atoms with E-state index in [4.69, 9.17) is 11.0 Å². The van der Waals surface area contributed by atoms with Crippen LogP contribution in [-0.2, 0) is 9.59 Å². The Balaban J connectivity index is 3.40. The zero-order chi connectivity index (χ0) is 17.6. The van der Waals surface area contributed by atoms with Crippen molar-refractivity contribution in [2.45, 2.75) is 26.3 Å². The summed E-state index contributed by atoms with van der Waals surface area (Å²) >= 11 is 0. The standard InChI is InChI=1S/C15H20N4O4/c1-10(2)9-11(13(20)18-8-7-16)15(14(17)21)6-4-3-5-12(15)19(22)23/h3-6,10-12H,8-9H2,1-2H3,(H2,17,21)(H,18,20). The van der Waals surface area contributed by atoms with Gasteiger partial charge in [0.25, 0.3) is 0 Å². The molecule has 0 aromatic heterocycles. The summed E-state index contributed by atoms with van der Waals surface area (Å²) in [6.07, 6.45) is 5.75. The maximum atomic E-state index is 12.5. The van der Waals surface area contributed by atoms with Crippen molar-refractivity contribution in [2.24, 2.45) is 23.0 Å². The van der Waals surface area contributed by atoms with Gasteiger partial charge < -0.3 is 11.1 Å². The molecule has 0 bridgehead atoms. The van der Waals surface area contributed by atoms with E-state index in [1.165, 1.54) is 24.3 Å². The van der Waals surface area contributed by atoms with E-state index in [1.54, 1.807) is 6.07 Å². The molecule has 0 aliphatic heterocycles. The predicted molar refractivity (Wildman–Crippen MR) is 82.3 cm³/mol. The van der Waals surface area contributed by atoms with Crippen molar-refractivity contribution >= 4 is 11.8 Å². The van der Waals surface area contributed by atoms with Crippen LogP contribution >= 0.6 is 0 Å². The van der Waals surface area contributed by atoms with Crippen LogP contribution in [0.25, 0.3) is 0 Å². The summed E-state index contributed by atoms with van der Waals surface area (Å²) < 4.78 is 0. The highest BCUT2D eigenvalue weighted by molar-refractivity contribution is 5.92. The Morgan fingerprint density at radius 2 is 2.13 bits per heavy atom. The van der Waals surface area contributed by atoms with Gasteiger partial charge >= 0.3 is 0 Å². The number of hydrogen-bond donors (Lipinski definition) is 2. The molecule has 2 amide bonds. The number of primary amides is 1. The van der Waals surface area contributed by atoms with Gasteiger partial charge in [0.2, 0.25) is 17.9 Å². The van der Waals surface area contributed by atoms with Crippen LogP contribution in [0.2, 0.25) is 0 Å². The zero-order valence-electron chi connectivity index (χ0n) is 13.1. The molecule has 3 atom stereocenters. The van der Waals surface area contributed by atoms with E-state index in [2.05, 4.69) is 5.32 Å². The minimum Gasteiger partial charge on any atom is -0.369 e. The van der Waals surface area contributed by atoms with E-state index in [-0.39, 0.29) is 18.9 Å². The number of carbonyl (C=O) groups excluding carboxylic acids is 2. The molecule has 0 spiro atoms. The minimum atomic E-state index is -1.76. The van der Waals surface area contributed by atoms with Crippen molar-refractivity contribution in [3.05, 3.63) is 34.4 Å². The minimum absolute atomic E-state index is 0.00392. The van der Waals surface area contributed by atoms with Crippen LogP contribution in [0.4, 0.5) is 0 Å². The lowest BCUT2D eigenvalue weighted by molar-refractivity contribution is -0.524. The molecule has 1 aliphatic carbocycles. The van der Waals surface area contributed by atoms with Gasteiger partial charge in [-0.2, -0.15) is 5.26 Å². The smallest absolute Gasteiger partial charge is 0.250 e. The summed E-state index contributed by atoms with van der Waals surface area (Å²) in [5.41, 5.74) is 3.74. The SMILES string of the molecule is CC(C)CC(C(=O)NCC#N)C1(C(N)=O)C=CC=CC1[N+](=O)[O-]. The number of carbonyl (C=O) groups is 2. The first-order chi connectivity index (χ1) is 10.8. The quantitative estimate of drug-likeness (QED) is 0.400. The second-order valence-electron chi connectivity index (χ2n) is 5.83. The molecule has 3 N–H and O–H groups in total. The lowest BCUT2D eigenvalue weighted by Gasteiger charge is -2.37. The van der Waals surface area contributed by atoms with Crippen molar-refractivity contribution in [1.82, 2.24) is 5.32 Å². The van der Waals surface area contributed by atoms with Crippen LogP contribution in [0.1, 0.15) is 20.3 Å². The van der Waals surface area contributed by atoms with Gasteiger partial charge in [-0.25, -0.2) is 0 Å². The van der Waals surface area contributed by atoms with Gasteiger partial charge in [-0.1, -0.05) is 32.1 Å². The summed E-state index contributed by atoms with van der Waals surface area (Å²) in [5.74, 6) is -2.57. The monoisotopic (exact) mass is 320 g/mol. The van der Waals surface area contributed by atoms with E-state index in [1.807, 2.05) is 13.8 Å². The molecule has 124 valence electrons. The first-order valence-electron chi connectivity index (χ1n) is 7.21. The fraction of sp³-hybridized carbons (Fsp3) is 0.533. The fourth-order valence-electron chi connectivity index (χ4n) is 2.85. The summed E-state index contributed by atoms with van der Waals surface area (Å²) in [6.45, 7) is 3.43. The fourth-order valence-corrected chi connectivity index (χ4v) is 2.85. The Labute approximate surface area is 134 Å². The van der Waals surface area contributed by atoms with Crippen LogP contribution in [-0.4, -0.2) is 29.3 Å². The third kappa shape index (κ3) is 3.74. The normalized spacial score (nSPS) is 24.0. The van der Waals surface area contributed by atoms with Crippen molar-refractivity contribution in [1.29, 1.82) is 5.26 Å². The predicted octanol–water partition coefficient (Wildman–Crippen LogP) is 0.531. The summed E-state index contributed by atoms with van der Waals surface area (Å²) in [4.78, 5) is 35.5. The molecule has 3 unspecified atom stereocenters. The largest absolute Gasteiger partial charge is 0.369 e. The average Bonchev–Trinajstić information content (AvgIpc) is 2.49. The molecular weight excluding hydrogens is 300 g/mol. The van der Waals surface area contributed by atoms with Gasteiger partial charge in [-0.3, -0.25) is 19.7 Å². The molecule has 0 heterocycles. The van der Waals surface area contributed by atoms with Gasteiger partial charge in [0, 0.05) is 4.92 Å². The highest BCUT2D eigenvalue weighted by atomic mass is 16.6. The number of amides is 2. The number of nitro groups is 1. The zero-order valence-corrected chi connectivity index (χ0v) is 13.1. The molecular formula is C15H20N4O4. The topological polar surface area (TPSA) is 139 Å². The number of nitrogens with zero attached hydrogens (tertiary/aromatic N) is 2. The molecule has 0 aromatic carbocycles. The van der Waals surface area contributed by atoms with E-state index >= 15 is 0 Å². The maximum absolute atomic E-state index is 12.5. The number of hydrogen-bond acceptors (Lipinski definition) is 5. The van der Waals surface area contributed by atoms with Crippen molar-refractivity contribution in [3.63, 3.8) is 0 Å². The lowest BCUT2D eigenvalue weighted by Crippen LogP contribution is -2.57. The van der Waals surface area contributed by atoms with Crippen LogP contribution in [0.15, 0.2) is 24.3 Å². The lowest BCUT2D eigenvalue weighted by atomic mass is 9.64. The third-order valence-corrected chi connectivity index (χ3v) is 3.86. The molecule has 0 fully saturated rings. The molecule has 0 saturated heterocycles. The first-order valence-corrected chi connectivity index (χ1v) is 7.21. The Morgan fingerprint density at radius 1 is 1.48 bits per heavy atom. The number of nitriles is 1. The summed E-state index contributed by atoms with van der Waals surface area (Å²) in [7, 11) is 0. The Hall–Kier alpha value is -2.69. The number of nitrogens with one attached hydrogen (secondary N) is 1. The highest BCUT2D eigenvalue weighted by Crippen LogP contribution is 2.41. The Bertz CT molecular complexity index is 591. The molecule has 1 rings (SSSR count). The van der Waals surface area contributed by atoms with E-state index in [0.717, 1.165) is 0 Å². The van der Waals surface area contributed by atoms with E-state index < -0.39 is 34.1 Å². The number of rotatable bonds is 7. The number of allylic oxidation sites excluding steroid dienone is 2. The van der Waals surface area contributed by atoms with Gasteiger partial charge in [-0.05, 0) is 18.4 Å².